The van der Waals surface area contributed by atoms with Crippen LogP contribution in [0, 0.1) is 11.7 Å². The van der Waals surface area contributed by atoms with E-state index < -0.39 is 11.4 Å². The lowest BCUT2D eigenvalue weighted by Crippen LogP contribution is -2.43. The monoisotopic (exact) mass is 419 g/mol. The van der Waals surface area contributed by atoms with Crippen molar-refractivity contribution in [2.24, 2.45) is 16.6 Å². The molecule has 2 unspecified atom stereocenters. The van der Waals surface area contributed by atoms with E-state index in [0.717, 1.165) is 31.4 Å². The van der Waals surface area contributed by atoms with E-state index in [2.05, 4.69) is 15.5 Å². The number of carbonyl (C=O) groups is 1. The SMILES string of the molecule is NC1=NC2(c3cc(NC(=O)c4ccc(Cl)nn4)ccc3F)CCCCC2CS1. The number of benzene rings is 1. The van der Waals surface area contributed by atoms with Crippen molar-refractivity contribution < 1.29 is 9.18 Å². The van der Waals surface area contributed by atoms with Crippen molar-refractivity contribution in [1.82, 2.24) is 10.2 Å². The molecule has 28 heavy (non-hydrogen) atoms. The number of aliphatic imine (C=N–C) groups is 1. The summed E-state index contributed by atoms with van der Waals surface area (Å²) in [5, 5.41) is 10.9. The van der Waals surface area contributed by atoms with Crippen LogP contribution < -0.4 is 11.1 Å². The number of nitrogens with zero attached hydrogens (tertiary/aromatic N) is 3. The number of anilines is 1. The molecule has 2 aliphatic rings. The van der Waals surface area contributed by atoms with Gasteiger partial charge in [0.05, 0.1) is 5.54 Å². The number of amides is 1. The standard InChI is InChI=1S/C19H19ClFN5OS/c20-16-7-6-15(25-26-16)17(27)23-12-4-5-14(21)13(9-12)19-8-2-1-3-11(19)10-28-18(22)24-19/h4-7,9,11H,1-3,8,10H2,(H2,22,24)(H,23,27). The molecule has 2 atom stereocenters. The molecule has 1 amide bonds. The smallest absolute Gasteiger partial charge is 0.276 e. The highest BCUT2D eigenvalue weighted by Crippen LogP contribution is 2.50. The van der Waals surface area contributed by atoms with Gasteiger partial charge in [0.25, 0.3) is 5.91 Å². The summed E-state index contributed by atoms with van der Waals surface area (Å²) in [6, 6.07) is 7.53. The van der Waals surface area contributed by atoms with Gasteiger partial charge in [0.1, 0.15) is 5.82 Å². The number of thioether (sulfide) groups is 1. The zero-order valence-electron chi connectivity index (χ0n) is 15.0. The van der Waals surface area contributed by atoms with E-state index in [9.17, 15) is 9.18 Å². The van der Waals surface area contributed by atoms with E-state index in [4.69, 9.17) is 22.3 Å². The van der Waals surface area contributed by atoms with Crippen molar-refractivity contribution >= 4 is 40.1 Å². The summed E-state index contributed by atoms with van der Waals surface area (Å²) in [4.78, 5) is 17.2. The van der Waals surface area contributed by atoms with Crippen molar-refractivity contribution in [2.45, 2.75) is 31.2 Å². The number of fused-ring (bicyclic) bond motifs is 1. The normalized spacial score (nSPS) is 24.2. The molecule has 9 heteroatoms. The second-order valence-corrected chi connectivity index (χ2v) is 8.45. The second-order valence-electron chi connectivity index (χ2n) is 7.02. The number of amidine groups is 1. The molecule has 0 saturated heterocycles. The van der Waals surface area contributed by atoms with E-state index in [1.165, 1.54) is 36.0 Å². The van der Waals surface area contributed by atoms with Gasteiger partial charge in [0.15, 0.2) is 16.0 Å². The molecule has 1 aliphatic carbocycles. The average molecular weight is 420 g/mol. The Bertz CT molecular complexity index is 938. The van der Waals surface area contributed by atoms with Crippen LogP contribution in [0.5, 0.6) is 0 Å². The number of hydrogen-bond acceptors (Lipinski definition) is 6. The van der Waals surface area contributed by atoms with Gasteiger partial charge in [0, 0.05) is 17.0 Å². The first-order chi connectivity index (χ1) is 13.5. The topological polar surface area (TPSA) is 93.3 Å². The number of halogens is 2. The van der Waals surface area contributed by atoms with Crippen LogP contribution in [0.15, 0.2) is 35.3 Å². The summed E-state index contributed by atoms with van der Waals surface area (Å²) in [5.41, 5.74) is 6.44. The predicted octanol–water partition coefficient (Wildman–Crippen LogP) is 3.97. The number of rotatable bonds is 3. The fourth-order valence-corrected chi connectivity index (χ4v) is 5.14. The summed E-state index contributed by atoms with van der Waals surface area (Å²) >= 11 is 7.23. The van der Waals surface area contributed by atoms with E-state index in [0.29, 0.717) is 16.4 Å². The van der Waals surface area contributed by atoms with E-state index in [1.54, 1.807) is 6.07 Å². The summed E-state index contributed by atoms with van der Waals surface area (Å²) in [7, 11) is 0. The van der Waals surface area contributed by atoms with Gasteiger partial charge in [-0.05, 0) is 49.1 Å². The first kappa shape index (κ1) is 19.1. The largest absolute Gasteiger partial charge is 0.379 e. The molecule has 2 heterocycles. The van der Waals surface area contributed by atoms with Gasteiger partial charge in [-0.1, -0.05) is 36.2 Å². The third-order valence-corrected chi connectivity index (χ3v) is 6.49. The number of aromatic nitrogens is 2. The maximum Gasteiger partial charge on any atom is 0.276 e. The maximum atomic E-state index is 14.9. The average Bonchev–Trinajstić information content (AvgIpc) is 2.69. The zero-order chi connectivity index (χ0) is 19.7. The molecule has 0 spiro atoms. The van der Waals surface area contributed by atoms with Crippen LogP contribution in [0.3, 0.4) is 0 Å². The van der Waals surface area contributed by atoms with Crippen molar-refractivity contribution in [1.29, 1.82) is 0 Å². The molecular weight excluding hydrogens is 401 g/mol. The molecule has 2 aromatic rings. The lowest BCUT2D eigenvalue weighted by Gasteiger charge is -2.44. The first-order valence-electron chi connectivity index (χ1n) is 9.07. The van der Waals surface area contributed by atoms with Crippen molar-refractivity contribution in [3.05, 3.63) is 52.6 Å². The lowest BCUT2D eigenvalue weighted by atomic mass is 9.69. The number of nitrogens with two attached hydrogens (primary N) is 1. The van der Waals surface area contributed by atoms with Gasteiger partial charge in [0.2, 0.25) is 0 Å². The van der Waals surface area contributed by atoms with Crippen molar-refractivity contribution in [2.75, 3.05) is 11.1 Å². The van der Waals surface area contributed by atoms with Gasteiger partial charge in [-0.15, -0.1) is 10.2 Å². The molecule has 0 radical (unpaired) electrons. The molecule has 1 fully saturated rings. The highest BCUT2D eigenvalue weighted by Gasteiger charge is 2.46. The number of nitrogens with one attached hydrogen (secondary N) is 1. The van der Waals surface area contributed by atoms with Crippen molar-refractivity contribution in [3.8, 4) is 0 Å². The van der Waals surface area contributed by atoms with Crippen LogP contribution in [0.1, 0.15) is 41.7 Å². The Morgan fingerprint density at radius 3 is 2.93 bits per heavy atom. The molecule has 6 nitrogen and oxygen atoms in total. The fraction of sp³-hybridized carbons (Fsp3) is 0.368. The maximum absolute atomic E-state index is 14.9. The number of hydrogen-bond donors (Lipinski definition) is 2. The van der Waals surface area contributed by atoms with Crippen LogP contribution in [0.25, 0.3) is 0 Å². The fourth-order valence-electron chi connectivity index (χ4n) is 3.99. The Hall–Kier alpha value is -2.19. The van der Waals surface area contributed by atoms with E-state index in [-0.39, 0.29) is 22.6 Å². The third kappa shape index (κ3) is 3.58. The van der Waals surface area contributed by atoms with Gasteiger partial charge >= 0.3 is 0 Å². The van der Waals surface area contributed by atoms with Crippen LogP contribution in [-0.4, -0.2) is 27.0 Å². The van der Waals surface area contributed by atoms with Gasteiger partial charge in [-0.3, -0.25) is 9.79 Å². The minimum absolute atomic E-state index is 0.125. The number of carbonyl (C=O) groups excluding carboxylic acids is 1. The second kappa shape index (κ2) is 7.67. The molecule has 0 bridgehead atoms. The Morgan fingerprint density at radius 1 is 1.29 bits per heavy atom. The summed E-state index contributed by atoms with van der Waals surface area (Å²) < 4.78 is 14.9. The van der Waals surface area contributed by atoms with Gasteiger partial charge in [-0.2, -0.15) is 0 Å². The molecule has 1 saturated carbocycles. The summed E-state index contributed by atoms with van der Waals surface area (Å²) in [5.74, 6) is 0.272. The Labute approximate surface area is 171 Å². The minimum Gasteiger partial charge on any atom is -0.379 e. The molecule has 4 rings (SSSR count). The van der Waals surface area contributed by atoms with Crippen LogP contribution in [-0.2, 0) is 5.54 Å². The van der Waals surface area contributed by atoms with E-state index >= 15 is 0 Å². The lowest BCUT2D eigenvalue weighted by molar-refractivity contribution is 0.102. The Kier molecular flexibility index (Phi) is 5.25. The molecule has 1 aromatic carbocycles. The van der Waals surface area contributed by atoms with Gasteiger partial charge in [-0.25, -0.2) is 4.39 Å². The molecule has 1 aliphatic heterocycles. The highest BCUT2D eigenvalue weighted by molar-refractivity contribution is 8.13. The van der Waals surface area contributed by atoms with Crippen LogP contribution >= 0.6 is 23.4 Å². The first-order valence-corrected chi connectivity index (χ1v) is 10.4. The quantitative estimate of drug-likeness (QED) is 0.785. The Balaban J connectivity index is 1.68. The minimum atomic E-state index is -0.668. The summed E-state index contributed by atoms with van der Waals surface area (Å²) in [6.45, 7) is 0. The molecule has 146 valence electrons. The zero-order valence-corrected chi connectivity index (χ0v) is 16.6. The van der Waals surface area contributed by atoms with E-state index in [1.807, 2.05) is 0 Å². The molecular formula is C19H19ClFN5OS. The molecule has 3 N–H and O–H groups in total. The predicted molar refractivity (Wildman–Crippen MR) is 109 cm³/mol. The molecule has 1 aromatic heterocycles. The highest BCUT2D eigenvalue weighted by atomic mass is 35.5. The van der Waals surface area contributed by atoms with Gasteiger partial charge < -0.3 is 11.1 Å². The summed E-state index contributed by atoms with van der Waals surface area (Å²) in [6.07, 6.45) is 3.81. The van der Waals surface area contributed by atoms with Crippen LogP contribution in [0.2, 0.25) is 5.15 Å². The van der Waals surface area contributed by atoms with Crippen molar-refractivity contribution in [3.63, 3.8) is 0 Å². The van der Waals surface area contributed by atoms with Crippen LogP contribution in [0.4, 0.5) is 10.1 Å². The Morgan fingerprint density at radius 2 is 2.14 bits per heavy atom. The third-order valence-electron chi connectivity index (χ3n) is 5.33.